The molecule has 96 valence electrons. The zero-order chi connectivity index (χ0) is 13.5. The molecule has 0 bridgehead atoms. The summed E-state index contributed by atoms with van der Waals surface area (Å²) in [7, 11) is 0. The van der Waals surface area contributed by atoms with Crippen LogP contribution in [-0.2, 0) is 19.1 Å². The number of esters is 2. The lowest BCUT2D eigenvalue weighted by Crippen LogP contribution is -2.12. The molecule has 0 amide bonds. The molecule has 1 rings (SSSR count). The Morgan fingerprint density at radius 1 is 1.22 bits per heavy atom. The van der Waals surface area contributed by atoms with Gasteiger partial charge in [-0.2, -0.15) is 0 Å². The fourth-order valence-electron chi connectivity index (χ4n) is 1.30. The van der Waals surface area contributed by atoms with E-state index in [0.29, 0.717) is 0 Å². The third-order valence-corrected chi connectivity index (χ3v) is 2.11. The minimum Gasteiger partial charge on any atom is -0.460 e. The van der Waals surface area contributed by atoms with Crippen LogP contribution in [0.1, 0.15) is 25.0 Å². The third kappa shape index (κ3) is 4.41. The number of carbonyl (C=O) groups is 2. The number of rotatable bonds is 4. The van der Waals surface area contributed by atoms with E-state index in [1.54, 1.807) is 6.92 Å². The fourth-order valence-corrected chi connectivity index (χ4v) is 1.30. The Hall–Kier alpha value is -2.10. The molecule has 0 aliphatic rings. The van der Waals surface area contributed by atoms with Crippen molar-refractivity contribution in [1.29, 1.82) is 0 Å². The molecule has 18 heavy (non-hydrogen) atoms. The summed E-state index contributed by atoms with van der Waals surface area (Å²) in [6.07, 6.45) is 1.48. The van der Waals surface area contributed by atoms with E-state index in [1.807, 2.05) is 31.2 Å². The summed E-state index contributed by atoms with van der Waals surface area (Å²) in [6, 6.07) is 7.47. The number of carbonyl (C=O) groups excluding carboxylic acids is 2. The molecule has 4 nitrogen and oxygen atoms in total. The number of aryl methyl sites for hydroxylation is 1. The van der Waals surface area contributed by atoms with E-state index in [0.717, 1.165) is 11.1 Å². The van der Waals surface area contributed by atoms with Gasteiger partial charge in [-0.15, -0.1) is 0 Å². The lowest BCUT2D eigenvalue weighted by Gasteiger charge is -2.06. The Bertz CT molecular complexity index is 457. The molecular weight excluding hydrogens is 232 g/mol. The molecule has 4 heteroatoms. The molecule has 0 aromatic heterocycles. The smallest absolute Gasteiger partial charge is 0.374 e. The van der Waals surface area contributed by atoms with Gasteiger partial charge in [-0.1, -0.05) is 29.8 Å². The van der Waals surface area contributed by atoms with Gasteiger partial charge in [0.05, 0.1) is 6.61 Å². The monoisotopic (exact) mass is 248 g/mol. The molecule has 0 aliphatic carbocycles. The van der Waals surface area contributed by atoms with Crippen LogP contribution in [0.5, 0.6) is 0 Å². The van der Waals surface area contributed by atoms with Crippen molar-refractivity contribution in [3.05, 3.63) is 41.2 Å². The largest absolute Gasteiger partial charge is 0.460 e. The van der Waals surface area contributed by atoms with Gasteiger partial charge in [0.1, 0.15) is 0 Å². The summed E-state index contributed by atoms with van der Waals surface area (Å²) in [4.78, 5) is 22.5. The minimum absolute atomic E-state index is 0.104. The first-order valence-corrected chi connectivity index (χ1v) is 5.67. The van der Waals surface area contributed by atoms with Crippen molar-refractivity contribution in [1.82, 2.24) is 0 Å². The fraction of sp³-hybridized carbons (Fsp3) is 0.286. The zero-order valence-corrected chi connectivity index (χ0v) is 10.7. The molecule has 0 saturated carbocycles. The Balaban J connectivity index is 2.97. The molecule has 0 radical (unpaired) electrons. The van der Waals surface area contributed by atoms with Gasteiger partial charge in [-0.3, -0.25) is 4.79 Å². The van der Waals surface area contributed by atoms with Gasteiger partial charge in [0.25, 0.3) is 0 Å². The zero-order valence-electron chi connectivity index (χ0n) is 10.7. The van der Waals surface area contributed by atoms with Crippen LogP contribution in [0.25, 0.3) is 6.08 Å². The van der Waals surface area contributed by atoms with Gasteiger partial charge in [0.15, 0.2) is 0 Å². The van der Waals surface area contributed by atoms with Crippen molar-refractivity contribution in [2.24, 2.45) is 0 Å². The van der Waals surface area contributed by atoms with Gasteiger partial charge in [-0.05, 0) is 25.5 Å². The van der Waals surface area contributed by atoms with Crippen LogP contribution in [-0.4, -0.2) is 18.5 Å². The summed E-state index contributed by atoms with van der Waals surface area (Å²) in [5.74, 6) is -1.30. The summed E-state index contributed by atoms with van der Waals surface area (Å²) in [5.41, 5.74) is 1.88. The van der Waals surface area contributed by atoms with Crippen molar-refractivity contribution in [3.8, 4) is 0 Å². The van der Waals surface area contributed by atoms with E-state index >= 15 is 0 Å². The lowest BCUT2D eigenvalue weighted by molar-refractivity contribution is -0.149. The molecule has 0 aliphatic heterocycles. The molecule has 0 atom stereocenters. The van der Waals surface area contributed by atoms with Gasteiger partial charge >= 0.3 is 11.9 Å². The highest BCUT2D eigenvalue weighted by Crippen LogP contribution is 2.11. The van der Waals surface area contributed by atoms with Crippen LogP contribution in [0.4, 0.5) is 0 Å². The van der Waals surface area contributed by atoms with E-state index in [1.165, 1.54) is 13.0 Å². The summed E-state index contributed by atoms with van der Waals surface area (Å²) in [5, 5.41) is 0. The average Bonchev–Trinajstić information content (AvgIpc) is 2.31. The second kappa shape index (κ2) is 6.59. The van der Waals surface area contributed by atoms with Gasteiger partial charge in [0.2, 0.25) is 5.76 Å². The highest BCUT2D eigenvalue weighted by molar-refractivity contribution is 5.93. The van der Waals surface area contributed by atoms with Gasteiger partial charge in [0, 0.05) is 6.92 Å². The highest BCUT2D eigenvalue weighted by atomic mass is 16.6. The van der Waals surface area contributed by atoms with Gasteiger partial charge in [-0.25, -0.2) is 4.79 Å². The maximum atomic E-state index is 11.6. The van der Waals surface area contributed by atoms with Crippen molar-refractivity contribution in [2.45, 2.75) is 20.8 Å². The first-order chi connectivity index (χ1) is 8.52. The minimum atomic E-state index is -0.645. The molecule has 0 N–H and O–H groups in total. The first-order valence-electron chi connectivity index (χ1n) is 5.67. The predicted octanol–water partition coefficient (Wildman–Crippen LogP) is 2.46. The normalized spacial score (nSPS) is 10.9. The first kappa shape index (κ1) is 14.0. The Morgan fingerprint density at radius 2 is 1.83 bits per heavy atom. The molecule has 1 aromatic carbocycles. The number of hydrogen-bond donors (Lipinski definition) is 0. The van der Waals surface area contributed by atoms with Crippen LogP contribution in [0.15, 0.2) is 30.0 Å². The summed E-state index contributed by atoms with van der Waals surface area (Å²) in [6.45, 7) is 5.12. The SMILES string of the molecule is CCOC(=O)C(=Cc1ccc(C)cc1)OC(C)=O. The maximum absolute atomic E-state index is 11.6. The van der Waals surface area contributed by atoms with E-state index in [9.17, 15) is 9.59 Å². The van der Waals surface area contributed by atoms with E-state index in [-0.39, 0.29) is 12.4 Å². The maximum Gasteiger partial charge on any atom is 0.374 e. The lowest BCUT2D eigenvalue weighted by atomic mass is 10.1. The molecule has 0 unspecified atom stereocenters. The predicted molar refractivity (Wildman–Crippen MR) is 67.6 cm³/mol. The Labute approximate surface area is 106 Å². The van der Waals surface area contributed by atoms with Crippen LogP contribution in [0.3, 0.4) is 0 Å². The molecule has 0 spiro atoms. The van der Waals surface area contributed by atoms with E-state index in [2.05, 4.69) is 0 Å². The van der Waals surface area contributed by atoms with Crippen molar-refractivity contribution >= 4 is 18.0 Å². The van der Waals surface area contributed by atoms with Crippen LogP contribution in [0, 0.1) is 6.92 Å². The molecule has 0 heterocycles. The second-order valence-electron chi connectivity index (χ2n) is 3.73. The number of benzene rings is 1. The summed E-state index contributed by atoms with van der Waals surface area (Å²) >= 11 is 0. The van der Waals surface area contributed by atoms with Crippen molar-refractivity contribution in [2.75, 3.05) is 6.61 Å². The Kier molecular flexibility index (Phi) is 5.11. The van der Waals surface area contributed by atoms with Crippen LogP contribution >= 0.6 is 0 Å². The average molecular weight is 248 g/mol. The second-order valence-corrected chi connectivity index (χ2v) is 3.73. The van der Waals surface area contributed by atoms with Crippen LogP contribution in [0.2, 0.25) is 0 Å². The topological polar surface area (TPSA) is 52.6 Å². The third-order valence-electron chi connectivity index (χ3n) is 2.11. The molecule has 0 saturated heterocycles. The molecule has 0 fully saturated rings. The molecule has 1 aromatic rings. The number of ether oxygens (including phenoxy) is 2. The van der Waals surface area contributed by atoms with Gasteiger partial charge < -0.3 is 9.47 Å². The van der Waals surface area contributed by atoms with Crippen molar-refractivity contribution < 1.29 is 19.1 Å². The summed E-state index contributed by atoms with van der Waals surface area (Å²) < 4.78 is 9.66. The van der Waals surface area contributed by atoms with Crippen molar-refractivity contribution in [3.63, 3.8) is 0 Å². The molecular formula is C14H16O4. The van der Waals surface area contributed by atoms with Crippen LogP contribution < -0.4 is 0 Å². The highest BCUT2D eigenvalue weighted by Gasteiger charge is 2.14. The Morgan fingerprint density at radius 3 is 2.33 bits per heavy atom. The standard InChI is InChI=1S/C14H16O4/c1-4-17-14(16)13(18-11(3)15)9-12-7-5-10(2)6-8-12/h5-9H,4H2,1-3H3. The van der Waals surface area contributed by atoms with E-state index in [4.69, 9.17) is 9.47 Å². The number of hydrogen-bond acceptors (Lipinski definition) is 4. The van der Waals surface area contributed by atoms with E-state index < -0.39 is 11.9 Å². The quantitative estimate of drug-likeness (QED) is 0.466.